The number of carbonyl (C=O) groups excluding carboxylic acids is 1. The summed E-state index contributed by atoms with van der Waals surface area (Å²) >= 11 is 5.96. The van der Waals surface area contributed by atoms with E-state index in [0.29, 0.717) is 10.9 Å². The van der Waals surface area contributed by atoms with Crippen molar-refractivity contribution < 1.29 is 14.7 Å². The van der Waals surface area contributed by atoms with Gasteiger partial charge in [-0.25, -0.2) is 0 Å². The van der Waals surface area contributed by atoms with Crippen molar-refractivity contribution >= 4 is 23.5 Å². The maximum atomic E-state index is 12.9. The lowest BCUT2D eigenvalue weighted by Gasteiger charge is -2.27. The van der Waals surface area contributed by atoms with Crippen LogP contribution in [-0.4, -0.2) is 17.0 Å². The predicted molar refractivity (Wildman–Crippen MR) is 90.4 cm³/mol. The second-order valence-corrected chi connectivity index (χ2v) is 7.65. The molecule has 5 atom stereocenters. The van der Waals surface area contributed by atoms with E-state index in [9.17, 15) is 14.7 Å². The van der Waals surface area contributed by atoms with Crippen molar-refractivity contribution in [1.29, 1.82) is 0 Å². The average Bonchev–Trinajstić information content (AvgIpc) is 3.19. The van der Waals surface area contributed by atoms with Crippen LogP contribution in [0.5, 0.6) is 0 Å². The van der Waals surface area contributed by atoms with E-state index in [1.165, 1.54) is 0 Å². The summed E-state index contributed by atoms with van der Waals surface area (Å²) in [5.74, 6) is -1.53. The normalized spacial score (nSPS) is 31.9. The number of hydrogen-bond donors (Lipinski definition) is 2. The number of carboxylic acid groups (broad SMARTS) is 1. The Balaban J connectivity index is 1.54. The van der Waals surface area contributed by atoms with Gasteiger partial charge in [0, 0.05) is 5.02 Å². The van der Waals surface area contributed by atoms with Gasteiger partial charge in [0.15, 0.2) is 0 Å². The van der Waals surface area contributed by atoms with Gasteiger partial charge in [0.1, 0.15) is 0 Å². The number of carbonyl (C=O) groups is 2. The van der Waals surface area contributed by atoms with Crippen LogP contribution in [0.4, 0.5) is 0 Å². The van der Waals surface area contributed by atoms with Crippen molar-refractivity contribution in [3.05, 3.63) is 47.0 Å². The number of amides is 1. The van der Waals surface area contributed by atoms with Crippen molar-refractivity contribution in [2.45, 2.75) is 25.3 Å². The summed E-state index contributed by atoms with van der Waals surface area (Å²) < 4.78 is 0. The van der Waals surface area contributed by atoms with E-state index in [2.05, 4.69) is 5.32 Å². The summed E-state index contributed by atoms with van der Waals surface area (Å²) in [4.78, 5) is 24.5. The number of aliphatic carboxylic acids is 1. The zero-order valence-electron chi connectivity index (χ0n) is 13.2. The molecule has 2 bridgehead atoms. The molecular weight excluding hydrogens is 326 g/mol. The minimum atomic E-state index is -0.860. The predicted octanol–water partition coefficient (Wildman–Crippen LogP) is 3.43. The number of hydrogen-bond acceptors (Lipinski definition) is 2. The molecule has 24 heavy (non-hydrogen) atoms. The van der Waals surface area contributed by atoms with Crippen LogP contribution in [0.1, 0.15) is 30.9 Å². The standard InChI is InChI=1S/C19H20ClNO3/c20-14-7-5-11(6-8-14)17(10-1-2-10)21-18(22)15-12-3-4-13(9-12)16(15)19(23)24/h3-8,10,12-13,15-17H,1-2,9H2,(H,21,22)(H,23,24). The number of benzene rings is 1. The van der Waals surface area contributed by atoms with E-state index in [0.717, 1.165) is 24.8 Å². The number of rotatable bonds is 5. The van der Waals surface area contributed by atoms with Crippen LogP contribution in [-0.2, 0) is 9.59 Å². The Hall–Kier alpha value is -1.81. The monoisotopic (exact) mass is 345 g/mol. The molecule has 0 aromatic heterocycles. The minimum absolute atomic E-state index is 0.00171. The molecule has 2 fully saturated rings. The Bertz CT molecular complexity index is 695. The number of carboxylic acids is 1. The van der Waals surface area contributed by atoms with Crippen LogP contribution in [0.15, 0.2) is 36.4 Å². The molecule has 0 spiro atoms. The highest BCUT2D eigenvalue weighted by Gasteiger charge is 2.52. The summed E-state index contributed by atoms with van der Waals surface area (Å²) in [6, 6.07) is 7.51. The molecule has 4 nitrogen and oxygen atoms in total. The van der Waals surface area contributed by atoms with E-state index in [1.54, 1.807) is 0 Å². The molecule has 5 unspecified atom stereocenters. The van der Waals surface area contributed by atoms with Crippen molar-refractivity contribution in [3.8, 4) is 0 Å². The summed E-state index contributed by atoms with van der Waals surface area (Å²) in [6.45, 7) is 0. The number of halogens is 1. The Morgan fingerprint density at radius 1 is 1.08 bits per heavy atom. The van der Waals surface area contributed by atoms with E-state index in [1.807, 2.05) is 36.4 Å². The Kier molecular flexibility index (Phi) is 3.87. The van der Waals surface area contributed by atoms with Crippen LogP contribution in [0.3, 0.4) is 0 Å². The smallest absolute Gasteiger partial charge is 0.307 e. The van der Waals surface area contributed by atoms with Crippen molar-refractivity contribution in [3.63, 3.8) is 0 Å². The maximum absolute atomic E-state index is 12.9. The highest BCUT2D eigenvalue weighted by Crippen LogP contribution is 2.49. The van der Waals surface area contributed by atoms with Gasteiger partial charge in [-0.1, -0.05) is 35.9 Å². The van der Waals surface area contributed by atoms with Gasteiger partial charge in [-0.05, 0) is 54.7 Å². The molecule has 1 amide bonds. The second kappa shape index (κ2) is 5.92. The quantitative estimate of drug-likeness (QED) is 0.803. The first-order chi connectivity index (χ1) is 11.5. The number of nitrogens with one attached hydrogen (secondary N) is 1. The van der Waals surface area contributed by atoms with Crippen molar-refractivity contribution in [1.82, 2.24) is 5.32 Å². The van der Waals surface area contributed by atoms with Gasteiger partial charge >= 0.3 is 5.97 Å². The molecule has 5 heteroatoms. The van der Waals surface area contributed by atoms with Gasteiger partial charge < -0.3 is 10.4 Å². The molecule has 0 heterocycles. The first-order valence-corrected chi connectivity index (χ1v) is 8.89. The fourth-order valence-corrected chi connectivity index (χ4v) is 4.46. The Morgan fingerprint density at radius 2 is 1.71 bits per heavy atom. The third-order valence-electron chi connectivity index (χ3n) is 5.67. The lowest BCUT2D eigenvalue weighted by Crippen LogP contribution is -2.42. The molecule has 2 saturated carbocycles. The third kappa shape index (κ3) is 2.73. The molecular formula is C19H20ClNO3. The van der Waals surface area contributed by atoms with Gasteiger partial charge in [-0.15, -0.1) is 0 Å². The van der Waals surface area contributed by atoms with Gasteiger partial charge in [0.2, 0.25) is 5.91 Å². The van der Waals surface area contributed by atoms with Gasteiger partial charge in [0.25, 0.3) is 0 Å². The van der Waals surface area contributed by atoms with E-state index < -0.39 is 17.8 Å². The molecule has 1 aromatic rings. The zero-order valence-corrected chi connectivity index (χ0v) is 13.9. The van der Waals surface area contributed by atoms with Crippen LogP contribution in [0, 0.1) is 29.6 Å². The number of fused-ring (bicyclic) bond motifs is 2. The lowest BCUT2D eigenvalue weighted by atomic mass is 9.82. The van der Waals surface area contributed by atoms with Gasteiger partial charge in [-0.2, -0.15) is 0 Å². The zero-order chi connectivity index (χ0) is 16.8. The lowest BCUT2D eigenvalue weighted by molar-refractivity contribution is -0.148. The molecule has 0 aliphatic heterocycles. The van der Waals surface area contributed by atoms with Crippen molar-refractivity contribution in [2.24, 2.45) is 29.6 Å². The highest BCUT2D eigenvalue weighted by atomic mass is 35.5. The molecule has 126 valence electrons. The highest BCUT2D eigenvalue weighted by molar-refractivity contribution is 6.30. The first kappa shape index (κ1) is 15.7. The molecule has 4 rings (SSSR count). The van der Waals surface area contributed by atoms with E-state index >= 15 is 0 Å². The SMILES string of the molecule is O=C(O)C1C2C=CC(C2)C1C(=O)NC(c1ccc(Cl)cc1)C1CC1. The minimum Gasteiger partial charge on any atom is -0.481 e. The number of allylic oxidation sites excluding steroid dienone is 2. The van der Waals surface area contributed by atoms with Gasteiger partial charge in [-0.3, -0.25) is 9.59 Å². The van der Waals surface area contributed by atoms with Crippen LogP contribution in [0.2, 0.25) is 5.02 Å². The largest absolute Gasteiger partial charge is 0.481 e. The fourth-order valence-electron chi connectivity index (χ4n) is 4.34. The molecule has 3 aliphatic carbocycles. The topological polar surface area (TPSA) is 66.4 Å². The Labute approximate surface area is 145 Å². The van der Waals surface area contributed by atoms with E-state index in [-0.39, 0.29) is 23.8 Å². The van der Waals surface area contributed by atoms with Crippen LogP contribution < -0.4 is 5.32 Å². The van der Waals surface area contributed by atoms with Crippen LogP contribution in [0.25, 0.3) is 0 Å². The van der Waals surface area contributed by atoms with E-state index in [4.69, 9.17) is 11.6 Å². The molecule has 1 aromatic carbocycles. The molecule has 0 radical (unpaired) electrons. The summed E-state index contributed by atoms with van der Waals surface area (Å²) in [5, 5.41) is 13.3. The molecule has 3 aliphatic rings. The third-order valence-corrected chi connectivity index (χ3v) is 5.92. The molecule has 2 N–H and O–H groups in total. The Morgan fingerprint density at radius 3 is 2.29 bits per heavy atom. The summed E-state index contributed by atoms with van der Waals surface area (Å²) in [5.41, 5.74) is 1.04. The summed E-state index contributed by atoms with van der Waals surface area (Å²) in [6.07, 6.45) is 6.94. The maximum Gasteiger partial charge on any atom is 0.307 e. The van der Waals surface area contributed by atoms with Crippen molar-refractivity contribution in [2.75, 3.05) is 0 Å². The van der Waals surface area contributed by atoms with Crippen LogP contribution >= 0.6 is 11.6 Å². The first-order valence-electron chi connectivity index (χ1n) is 8.51. The second-order valence-electron chi connectivity index (χ2n) is 7.21. The fraction of sp³-hybridized carbons (Fsp3) is 0.474. The average molecular weight is 346 g/mol. The summed E-state index contributed by atoms with van der Waals surface area (Å²) in [7, 11) is 0. The van der Waals surface area contributed by atoms with Gasteiger partial charge in [0.05, 0.1) is 17.9 Å². The molecule has 0 saturated heterocycles.